The minimum absolute atomic E-state index is 0.300. The lowest BCUT2D eigenvalue weighted by molar-refractivity contribution is 0.425. The summed E-state index contributed by atoms with van der Waals surface area (Å²) >= 11 is 1.70. The Kier molecular flexibility index (Phi) is 4.34. The Labute approximate surface area is 136 Å². The number of hydrogen-bond acceptors (Lipinski definition) is 8. The summed E-state index contributed by atoms with van der Waals surface area (Å²) in [6, 6.07) is 2.15. The SMILES string of the molecule is CCSCc1noc(-c2c(C)nn(-c3cncnc3)c2C#N)n1. The second-order valence-corrected chi connectivity index (χ2v) is 5.86. The van der Waals surface area contributed by atoms with Crippen LogP contribution in [-0.4, -0.2) is 35.6 Å². The first kappa shape index (κ1) is 15.2. The molecular weight excluding hydrogens is 314 g/mol. The fourth-order valence-corrected chi connectivity index (χ4v) is 2.59. The molecule has 0 aliphatic rings. The van der Waals surface area contributed by atoms with E-state index in [0.717, 1.165) is 5.75 Å². The number of hydrogen-bond donors (Lipinski definition) is 0. The van der Waals surface area contributed by atoms with Crippen LogP contribution in [-0.2, 0) is 5.75 Å². The molecule has 0 spiro atoms. The first-order valence-electron chi connectivity index (χ1n) is 6.90. The molecule has 0 aliphatic carbocycles. The lowest BCUT2D eigenvalue weighted by Crippen LogP contribution is -2.01. The molecule has 0 unspecified atom stereocenters. The summed E-state index contributed by atoms with van der Waals surface area (Å²) in [5.74, 6) is 2.54. The van der Waals surface area contributed by atoms with Crippen molar-refractivity contribution < 1.29 is 4.52 Å². The quantitative estimate of drug-likeness (QED) is 0.701. The highest BCUT2D eigenvalue weighted by atomic mass is 32.2. The maximum Gasteiger partial charge on any atom is 0.262 e. The molecule has 0 fully saturated rings. The number of aryl methyl sites for hydroxylation is 1. The molecule has 3 heterocycles. The van der Waals surface area contributed by atoms with Crippen molar-refractivity contribution in [3.63, 3.8) is 0 Å². The summed E-state index contributed by atoms with van der Waals surface area (Å²) < 4.78 is 6.79. The van der Waals surface area contributed by atoms with E-state index >= 15 is 0 Å². The van der Waals surface area contributed by atoms with E-state index in [1.807, 2.05) is 0 Å². The number of nitrogens with zero attached hydrogens (tertiary/aromatic N) is 7. The van der Waals surface area contributed by atoms with Crippen molar-refractivity contribution in [3.8, 4) is 23.2 Å². The van der Waals surface area contributed by atoms with E-state index in [2.05, 4.69) is 38.2 Å². The molecule has 0 atom stereocenters. The van der Waals surface area contributed by atoms with Gasteiger partial charge in [0.15, 0.2) is 11.5 Å². The van der Waals surface area contributed by atoms with Gasteiger partial charge in [-0.05, 0) is 12.7 Å². The van der Waals surface area contributed by atoms with Gasteiger partial charge in [0, 0.05) is 0 Å². The molecule has 0 aliphatic heterocycles. The minimum atomic E-state index is 0.300. The molecule has 3 rings (SSSR count). The van der Waals surface area contributed by atoms with Crippen molar-refractivity contribution in [2.75, 3.05) is 5.75 Å². The fourth-order valence-electron chi connectivity index (χ4n) is 2.08. The number of nitriles is 1. The summed E-state index contributed by atoms with van der Waals surface area (Å²) in [6.07, 6.45) is 4.59. The molecule has 3 aromatic rings. The zero-order chi connectivity index (χ0) is 16.2. The third-order valence-electron chi connectivity index (χ3n) is 3.08. The molecule has 0 radical (unpaired) electrons. The average Bonchev–Trinajstić information content (AvgIpc) is 3.17. The van der Waals surface area contributed by atoms with Gasteiger partial charge in [-0.2, -0.15) is 27.1 Å². The van der Waals surface area contributed by atoms with E-state index in [4.69, 9.17) is 4.52 Å². The zero-order valence-electron chi connectivity index (χ0n) is 12.6. The van der Waals surface area contributed by atoms with Gasteiger partial charge in [-0.25, -0.2) is 14.6 Å². The third-order valence-corrected chi connectivity index (χ3v) is 3.95. The summed E-state index contributed by atoms with van der Waals surface area (Å²) in [5.41, 5.74) is 2.08. The second-order valence-electron chi connectivity index (χ2n) is 4.58. The van der Waals surface area contributed by atoms with Crippen molar-refractivity contribution in [3.05, 3.63) is 35.9 Å². The summed E-state index contributed by atoms with van der Waals surface area (Å²) in [5, 5.41) is 17.9. The molecule has 116 valence electrons. The molecule has 0 aromatic carbocycles. The molecule has 0 bridgehead atoms. The summed E-state index contributed by atoms with van der Waals surface area (Å²) in [7, 11) is 0. The Morgan fingerprint density at radius 2 is 2.13 bits per heavy atom. The van der Waals surface area contributed by atoms with Crippen LogP contribution in [0.5, 0.6) is 0 Å². The van der Waals surface area contributed by atoms with Gasteiger partial charge in [0.1, 0.15) is 18.1 Å². The van der Waals surface area contributed by atoms with Crippen molar-refractivity contribution in [1.82, 2.24) is 29.9 Å². The van der Waals surface area contributed by atoms with Crippen molar-refractivity contribution >= 4 is 11.8 Å². The van der Waals surface area contributed by atoms with E-state index in [1.165, 1.54) is 11.0 Å². The highest BCUT2D eigenvalue weighted by Crippen LogP contribution is 2.27. The third kappa shape index (κ3) is 2.93. The van der Waals surface area contributed by atoms with Crippen LogP contribution in [0.1, 0.15) is 24.1 Å². The maximum atomic E-state index is 9.54. The smallest absolute Gasteiger partial charge is 0.262 e. The van der Waals surface area contributed by atoms with Crippen molar-refractivity contribution in [1.29, 1.82) is 5.26 Å². The van der Waals surface area contributed by atoms with Crippen molar-refractivity contribution in [2.45, 2.75) is 19.6 Å². The molecule has 0 amide bonds. The highest BCUT2D eigenvalue weighted by Gasteiger charge is 2.23. The largest absolute Gasteiger partial charge is 0.334 e. The predicted octanol–water partition coefficient (Wildman–Crippen LogP) is 2.15. The van der Waals surface area contributed by atoms with Gasteiger partial charge in [0.05, 0.1) is 29.4 Å². The monoisotopic (exact) mass is 327 g/mol. The van der Waals surface area contributed by atoms with Crippen LogP contribution in [0.25, 0.3) is 17.1 Å². The van der Waals surface area contributed by atoms with Gasteiger partial charge in [-0.1, -0.05) is 12.1 Å². The Hall–Kier alpha value is -2.73. The molecule has 0 saturated carbocycles. The van der Waals surface area contributed by atoms with E-state index in [1.54, 1.807) is 31.1 Å². The predicted molar refractivity (Wildman–Crippen MR) is 83.7 cm³/mol. The molecule has 0 N–H and O–H groups in total. The van der Waals surface area contributed by atoms with Gasteiger partial charge < -0.3 is 4.52 Å². The van der Waals surface area contributed by atoms with Crippen LogP contribution < -0.4 is 0 Å². The Balaban J connectivity index is 2.05. The van der Waals surface area contributed by atoms with Gasteiger partial charge in [-0.15, -0.1) is 0 Å². The highest BCUT2D eigenvalue weighted by molar-refractivity contribution is 7.98. The normalized spacial score (nSPS) is 10.7. The minimum Gasteiger partial charge on any atom is -0.334 e. The number of rotatable bonds is 5. The molecular formula is C14H13N7OS. The van der Waals surface area contributed by atoms with Gasteiger partial charge in [0.2, 0.25) is 0 Å². The van der Waals surface area contributed by atoms with Gasteiger partial charge in [0.25, 0.3) is 5.89 Å². The van der Waals surface area contributed by atoms with Gasteiger partial charge >= 0.3 is 0 Å². The molecule has 3 aromatic heterocycles. The Morgan fingerprint density at radius 3 is 2.83 bits per heavy atom. The second kappa shape index (κ2) is 6.58. The lowest BCUT2D eigenvalue weighted by atomic mass is 10.2. The van der Waals surface area contributed by atoms with Crippen LogP contribution in [0.2, 0.25) is 0 Å². The van der Waals surface area contributed by atoms with Crippen molar-refractivity contribution in [2.24, 2.45) is 0 Å². The molecule has 23 heavy (non-hydrogen) atoms. The maximum absolute atomic E-state index is 9.54. The Morgan fingerprint density at radius 1 is 1.35 bits per heavy atom. The topological polar surface area (TPSA) is 106 Å². The Bertz CT molecular complexity index is 850. The van der Waals surface area contributed by atoms with Crippen LogP contribution in [0.15, 0.2) is 23.2 Å². The van der Waals surface area contributed by atoms with Crippen LogP contribution >= 0.6 is 11.8 Å². The zero-order valence-corrected chi connectivity index (χ0v) is 13.4. The van der Waals surface area contributed by atoms with E-state index in [9.17, 15) is 5.26 Å². The van der Waals surface area contributed by atoms with Gasteiger partial charge in [-0.3, -0.25) is 0 Å². The van der Waals surface area contributed by atoms with E-state index in [0.29, 0.717) is 40.1 Å². The molecule has 9 heteroatoms. The van der Waals surface area contributed by atoms with E-state index in [-0.39, 0.29) is 0 Å². The summed E-state index contributed by atoms with van der Waals surface area (Å²) in [6.45, 7) is 3.86. The van der Waals surface area contributed by atoms with Crippen LogP contribution in [0, 0.1) is 18.3 Å². The molecule has 0 saturated heterocycles. The fraction of sp³-hybridized carbons (Fsp3) is 0.286. The molecule has 8 nitrogen and oxygen atoms in total. The lowest BCUT2D eigenvalue weighted by Gasteiger charge is -2.00. The van der Waals surface area contributed by atoms with Crippen LogP contribution in [0.4, 0.5) is 0 Å². The number of aromatic nitrogens is 6. The average molecular weight is 327 g/mol. The van der Waals surface area contributed by atoms with E-state index < -0.39 is 0 Å². The first-order valence-corrected chi connectivity index (χ1v) is 8.05. The number of thioether (sulfide) groups is 1. The first-order chi connectivity index (χ1) is 11.2. The standard InChI is InChI=1S/C14H13N7OS/c1-3-23-7-12-18-14(22-20-12)13-9(2)19-21(11(13)4-15)10-5-16-8-17-6-10/h5-6,8H,3,7H2,1-2H3. The van der Waals surface area contributed by atoms with Crippen LogP contribution in [0.3, 0.4) is 0 Å². The summed E-state index contributed by atoms with van der Waals surface area (Å²) in [4.78, 5) is 12.3.